The van der Waals surface area contributed by atoms with E-state index in [0.717, 1.165) is 19.4 Å². The molecule has 1 heterocycles. The van der Waals surface area contributed by atoms with Gasteiger partial charge in [0.25, 0.3) is 0 Å². The minimum Gasteiger partial charge on any atom is -0.313 e. The van der Waals surface area contributed by atoms with Gasteiger partial charge in [0.15, 0.2) is 0 Å². The molecule has 0 spiro atoms. The van der Waals surface area contributed by atoms with Crippen LogP contribution >= 0.6 is 0 Å². The summed E-state index contributed by atoms with van der Waals surface area (Å²) in [5.41, 5.74) is 2.53. The van der Waals surface area contributed by atoms with Gasteiger partial charge < -0.3 is 5.32 Å². The van der Waals surface area contributed by atoms with Crippen LogP contribution in [0.4, 0.5) is 0 Å². The number of hydrogen-bond donors (Lipinski definition) is 1. The SMILES string of the molecule is CCCNC(Cc1ccc(CC)cn1)C(C)CC. The van der Waals surface area contributed by atoms with Crippen LogP contribution in [0.5, 0.6) is 0 Å². The molecule has 0 radical (unpaired) electrons. The van der Waals surface area contributed by atoms with Crippen LogP contribution in [0.3, 0.4) is 0 Å². The molecule has 1 N–H and O–H groups in total. The molecule has 0 bridgehead atoms. The van der Waals surface area contributed by atoms with Gasteiger partial charge in [0, 0.05) is 24.4 Å². The zero-order chi connectivity index (χ0) is 13.4. The Hall–Kier alpha value is -0.890. The van der Waals surface area contributed by atoms with Crippen LogP contribution in [0.1, 0.15) is 51.8 Å². The predicted molar refractivity (Wildman–Crippen MR) is 78.9 cm³/mol. The molecule has 1 aromatic rings. The Labute approximate surface area is 112 Å². The molecule has 0 aliphatic rings. The van der Waals surface area contributed by atoms with Crippen molar-refractivity contribution in [2.24, 2.45) is 5.92 Å². The first-order chi connectivity index (χ1) is 8.71. The fourth-order valence-electron chi connectivity index (χ4n) is 2.10. The van der Waals surface area contributed by atoms with Gasteiger partial charge in [-0.3, -0.25) is 4.98 Å². The van der Waals surface area contributed by atoms with Gasteiger partial charge in [-0.05, 0) is 36.9 Å². The third-order valence-corrected chi connectivity index (χ3v) is 3.71. The maximum absolute atomic E-state index is 4.57. The number of aromatic nitrogens is 1. The molecule has 18 heavy (non-hydrogen) atoms. The van der Waals surface area contributed by atoms with Gasteiger partial charge in [-0.15, -0.1) is 0 Å². The Morgan fingerprint density at radius 2 is 2.00 bits per heavy atom. The van der Waals surface area contributed by atoms with Crippen molar-refractivity contribution in [1.29, 1.82) is 0 Å². The Kier molecular flexibility index (Phi) is 6.96. The number of hydrogen-bond acceptors (Lipinski definition) is 2. The monoisotopic (exact) mass is 248 g/mol. The van der Waals surface area contributed by atoms with E-state index in [2.05, 4.69) is 50.1 Å². The van der Waals surface area contributed by atoms with Crippen molar-refractivity contribution in [2.45, 2.75) is 59.4 Å². The largest absolute Gasteiger partial charge is 0.313 e. The van der Waals surface area contributed by atoms with Gasteiger partial charge in [0.2, 0.25) is 0 Å². The van der Waals surface area contributed by atoms with E-state index in [9.17, 15) is 0 Å². The second kappa shape index (κ2) is 8.25. The standard InChI is InChI=1S/C16H28N2/c1-5-10-17-16(13(4)6-2)11-15-9-8-14(7-3)12-18-15/h8-9,12-13,16-17H,5-7,10-11H2,1-4H3. The highest BCUT2D eigenvalue weighted by atomic mass is 14.9. The highest BCUT2D eigenvalue weighted by Crippen LogP contribution is 2.13. The minimum atomic E-state index is 0.551. The molecule has 1 rings (SSSR count). The van der Waals surface area contributed by atoms with Gasteiger partial charge >= 0.3 is 0 Å². The average molecular weight is 248 g/mol. The van der Waals surface area contributed by atoms with Crippen LogP contribution < -0.4 is 5.32 Å². The first kappa shape index (κ1) is 15.2. The van der Waals surface area contributed by atoms with Crippen LogP contribution in [0, 0.1) is 5.92 Å². The van der Waals surface area contributed by atoms with Gasteiger partial charge in [-0.1, -0.05) is 40.2 Å². The maximum atomic E-state index is 4.57. The van der Waals surface area contributed by atoms with Crippen LogP contribution in [0.25, 0.3) is 0 Å². The minimum absolute atomic E-state index is 0.551. The molecule has 102 valence electrons. The Morgan fingerprint density at radius 1 is 1.22 bits per heavy atom. The van der Waals surface area contributed by atoms with E-state index in [4.69, 9.17) is 0 Å². The molecule has 0 aromatic carbocycles. The quantitative estimate of drug-likeness (QED) is 0.760. The topological polar surface area (TPSA) is 24.9 Å². The van der Waals surface area contributed by atoms with Crippen molar-refractivity contribution in [1.82, 2.24) is 10.3 Å². The van der Waals surface area contributed by atoms with Crippen molar-refractivity contribution in [3.8, 4) is 0 Å². The molecule has 0 saturated carbocycles. The van der Waals surface area contributed by atoms with Crippen molar-refractivity contribution >= 4 is 0 Å². The maximum Gasteiger partial charge on any atom is 0.0419 e. The first-order valence-electron chi connectivity index (χ1n) is 7.38. The zero-order valence-corrected chi connectivity index (χ0v) is 12.4. The van der Waals surface area contributed by atoms with E-state index in [1.165, 1.54) is 24.1 Å². The van der Waals surface area contributed by atoms with Crippen molar-refractivity contribution in [2.75, 3.05) is 6.54 Å². The van der Waals surface area contributed by atoms with E-state index >= 15 is 0 Å². The molecule has 0 aliphatic heterocycles. The smallest absolute Gasteiger partial charge is 0.0419 e. The lowest BCUT2D eigenvalue weighted by atomic mass is 9.94. The van der Waals surface area contributed by atoms with Crippen molar-refractivity contribution in [3.63, 3.8) is 0 Å². The summed E-state index contributed by atoms with van der Waals surface area (Å²) in [6.45, 7) is 10.1. The van der Waals surface area contributed by atoms with Crippen LogP contribution in [0.15, 0.2) is 18.3 Å². The van der Waals surface area contributed by atoms with E-state index in [-0.39, 0.29) is 0 Å². The van der Waals surface area contributed by atoms with E-state index in [1.54, 1.807) is 0 Å². The normalized spacial score (nSPS) is 14.4. The summed E-state index contributed by atoms with van der Waals surface area (Å²) in [7, 11) is 0. The molecule has 2 unspecified atom stereocenters. The average Bonchev–Trinajstić information content (AvgIpc) is 2.43. The van der Waals surface area contributed by atoms with Gasteiger partial charge in [-0.2, -0.15) is 0 Å². The fourth-order valence-corrected chi connectivity index (χ4v) is 2.10. The fraction of sp³-hybridized carbons (Fsp3) is 0.688. The van der Waals surface area contributed by atoms with Crippen molar-refractivity contribution in [3.05, 3.63) is 29.6 Å². The number of nitrogens with zero attached hydrogens (tertiary/aromatic N) is 1. The number of aryl methyl sites for hydroxylation is 1. The molecule has 0 aliphatic carbocycles. The molecule has 2 heteroatoms. The lowest BCUT2D eigenvalue weighted by Gasteiger charge is -2.24. The van der Waals surface area contributed by atoms with E-state index < -0.39 is 0 Å². The van der Waals surface area contributed by atoms with Gasteiger partial charge in [0.1, 0.15) is 0 Å². The van der Waals surface area contributed by atoms with Gasteiger partial charge in [-0.25, -0.2) is 0 Å². The molecular weight excluding hydrogens is 220 g/mol. The molecule has 2 nitrogen and oxygen atoms in total. The van der Waals surface area contributed by atoms with Crippen LogP contribution in [0.2, 0.25) is 0 Å². The van der Waals surface area contributed by atoms with Crippen LogP contribution in [-0.2, 0) is 12.8 Å². The summed E-state index contributed by atoms with van der Waals surface area (Å²) in [6.07, 6.45) is 6.53. The summed E-state index contributed by atoms with van der Waals surface area (Å²) in [5, 5.41) is 3.66. The summed E-state index contributed by atoms with van der Waals surface area (Å²) >= 11 is 0. The summed E-state index contributed by atoms with van der Waals surface area (Å²) in [6, 6.07) is 4.94. The molecule has 0 saturated heterocycles. The molecule has 1 aromatic heterocycles. The highest BCUT2D eigenvalue weighted by Gasteiger charge is 2.15. The second-order valence-electron chi connectivity index (χ2n) is 5.16. The lowest BCUT2D eigenvalue weighted by molar-refractivity contribution is 0.362. The lowest BCUT2D eigenvalue weighted by Crippen LogP contribution is -2.37. The highest BCUT2D eigenvalue weighted by molar-refractivity contribution is 5.14. The summed E-state index contributed by atoms with van der Waals surface area (Å²) < 4.78 is 0. The summed E-state index contributed by atoms with van der Waals surface area (Å²) in [5.74, 6) is 0.698. The predicted octanol–water partition coefficient (Wildman–Crippen LogP) is 3.60. The van der Waals surface area contributed by atoms with E-state index in [1.807, 2.05) is 6.20 Å². The second-order valence-corrected chi connectivity index (χ2v) is 5.16. The Bertz CT molecular complexity index is 318. The summed E-state index contributed by atoms with van der Waals surface area (Å²) in [4.78, 5) is 4.57. The molecule has 0 fully saturated rings. The third-order valence-electron chi connectivity index (χ3n) is 3.71. The van der Waals surface area contributed by atoms with Gasteiger partial charge in [0.05, 0.1) is 0 Å². The van der Waals surface area contributed by atoms with E-state index in [0.29, 0.717) is 12.0 Å². The number of pyridine rings is 1. The molecule has 2 atom stereocenters. The molecular formula is C16H28N2. The molecule has 0 amide bonds. The Morgan fingerprint density at radius 3 is 2.50 bits per heavy atom. The number of rotatable bonds is 8. The first-order valence-corrected chi connectivity index (χ1v) is 7.38. The zero-order valence-electron chi connectivity index (χ0n) is 12.4. The van der Waals surface area contributed by atoms with Crippen LogP contribution in [-0.4, -0.2) is 17.6 Å². The van der Waals surface area contributed by atoms with Crippen molar-refractivity contribution < 1.29 is 0 Å². The number of nitrogens with one attached hydrogen (secondary N) is 1. The third kappa shape index (κ3) is 4.77. The Balaban J connectivity index is 2.62.